The molecule has 0 fully saturated rings. The van der Waals surface area contributed by atoms with Crippen molar-refractivity contribution in [2.24, 2.45) is 17.4 Å². The van der Waals surface area contributed by atoms with Crippen LogP contribution >= 0.6 is 12.6 Å². The lowest BCUT2D eigenvalue weighted by Crippen LogP contribution is -2.60. The number of nitrogens with one attached hydrogen (secondary N) is 3. The van der Waals surface area contributed by atoms with Crippen LogP contribution in [0, 0.1) is 5.92 Å². The van der Waals surface area contributed by atoms with Gasteiger partial charge >= 0.3 is 5.97 Å². The number of carboxylic acids is 1. The number of hydrogen-bond donors (Lipinski definition) is 8. The Kier molecular flexibility index (Phi) is 14.1. The third kappa shape index (κ3) is 11.3. The van der Waals surface area contributed by atoms with E-state index in [2.05, 4.69) is 28.6 Å². The number of hydrogen-bond acceptors (Lipinski definition) is 8. The van der Waals surface area contributed by atoms with Crippen molar-refractivity contribution in [1.82, 2.24) is 16.0 Å². The number of unbranched alkanes of at least 4 members (excludes halogenated alkanes) is 1. The number of rotatable bonds is 15. The van der Waals surface area contributed by atoms with Gasteiger partial charge in [-0.15, -0.1) is 0 Å². The second-order valence-electron chi connectivity index (χ2n) is 7.89. The molecule has 0 saturated carbocycles. The van der Waals surface area contributed by atoms with Crippen molar-refractivity contribution in [3.63, 3.8) is 0 Å². The first-order valence-electron chi connectivity index (χ1n) is 10.3. The summed E-state index contributed by atoms with van der Waals surface area (Å²) in [5, 5.41) is 26.6. The summed E-state index contributed by atoms with van der Waals surface area (Å²) in [7, 11) is 0. The number of carbonyl (C=O) groups is 4. The topological polar surface area (TPSA) is 197 Å². The molecule has 0 aromatic rings. The van der Waals surface area contributed by atoms with Crippen LogP contribution in [-0.2, 0) is 19.2 Å². The minimum atomic E-state index is -1.41. The van der Waals surface area contributed by atoms with E-state index in [1.54, 1.807) is 0 Å². The maximum absolute atomic E-state index is 12.8. The van der Waals surface area contributed by atoms with Crippen LogP contribution in [0.3, 0.4) is 0 Å². The molecule has 0 spiro atoms. The van der Waals surface area contributed by atoms with Gasteiger partial charge < -0.3 is 37.6 Å². The predicted octanol–water partition coefficient (Wildman–Crippen LogP) is -1.66. The molecule has 11 nitrogen and oxygen atoms in total. The molecule has 0 saturated heterocycles. The molecule has 180 valence electrons. The predicted molar refractivity (Wildman–Crippen MR) is 119 cm³/mol. The van der Waals surface area contributed by atoms with Gasteiger partial charge in [0.15, 0.2) is 0 Å². The highest BCUT2D eigenvalue weighted by Gasteiger charge is 2.32. The first-order chi connectivity index (χ1) is 14.4. The van der Waals surface area contributed by atoms with Gasteiger partial charge in [-0.3, -0.25) is 14.4 Å². The number of carboxylic acid groups (broad SMARTS) is 1. The SMILES string of the molecule is CC(C)CC(NC(=O)C(N)CS)C(=O)NC(C(=O)NC(CCCCN)C(=O)O)C(C)O. The van der Waals surface area contributed by atoms with E-state index < -0.39 is 54.0 Å². The van der Waals surface area contributed by atoms with Gasteiger partial charge in [0.25, 0.3) is 0 Å². The highest BCUT2D eigenvalue weighted by Crippen LogP contribution is 2.08. The van der Waals surface area contributed by atoms with Gasteiger partial charge in [0.2, 0.25) is 17.7 Å². The van der Waals surface area contributed by atoms with Gasteiger partial charge in [-0.25, -0.2) is 4.79 Å². The molecule has 0 radical (unpaired) electrons. The number of nitrogens with two attached hydrogens (primary N) is 2. The van der Waals surface area contributed by atoms with Gasteiger partial charge in [0.1, 0.15) is 18.1 Å². The Morgan fingerprint density at radius 1 is 0.935 bits per heavy atom. The van der Waals surface area contributed by atoms with Crippen LogP contribution in [0.1, 0.15) is 46.5 Å². The van der Waals surface area contributed by atoms with Crippen molar-refractivity contribution in [1.29, 1.82) is 0 Å². The third-order valence-electron chi connectivity index (χ3n) is 4.50. The first-order valence-corrected chi connectivity index (χ1v) is 11.0. The van der Waals surface area contributed by atoms with Crippen LogP contribution in [0.4, 0.5) is 0 Å². The number of carbonyl (C=O) groups excluding carboxylic acids is 3. The van der Waals surface area contributed by atoms with E-state index in [0.29, 0.717) is 19.4 Å². The van der Waals surface area contributed by atoms with E-state index in [0.717, 1.165) is 0 Å². The van der Waals surface area contributed by atoms with Crippen molar-refractivity contribution in [2.75, 3.05) is 12.3 Å². The maximum Gasteiger partial charge on any atom is 0.326 e. The van der Waals surface area contributed by atoms with Crippen LogP contribution < -0.4 is 27.4 Å². The molecule has 0 heterocycles. The van der Waals surface area contributed by atoms with Crippen molar-refractivity contribution >= 4 is 36.3 Å². The molecule has 3 amide bonds. The highest BCUT2D eigenvalue weighted by atomic mass is 32.1. The van der Waals surface area contributed by atoms with E-state index in [4.69, 9.17) is 11.5 Å². The summed E-state index contributed by atoms with van der Waals surface area (Å²) in [5.74, 6) is -3.22. The molecule has 9 N–H and O–H groups in total. The summed E-state index contributed by atoms with van der Waals surface area (Å²) in [6.45, 7) is 5.39. The normalized spacial score (nSPS) is 16.0. The molecule has 0 aliphatic carbocycles. The molecular formula is C19H37N5O6S. The molecule has 0 rings (SSSR count). The Balaban J connectivity index is 5.31. The number of aliphatic hydroxyl groups excluding tert-OH is 1. The molecule has 31 heavy (non-hydrogen) atoms. The average molecular weight is 464 g/mol. The fourth-order valence-electron chi connectivity index (χ4n) is 2.74. The van der Waals surface area contributed by atoms with Crippen molar-refractivity contribution in [2.45, 2.75) is 76.7 Å². The zero-order chi connectivity index (χ0) is 24.1. The van der Waals surface area contributed by atoms with Gasteiger partial charge in [-0.05, 0) is 45.1 Å². The largest absolute Gasteiger partial charge is 0.480 e. The summed E-state index contributed by atoms with van der Waals surface area (Å²) in [5.41, 5.74) is 11.0. The van der Waals surface area contributed by atoms with Gasteiger partial charge in [0.05, 0.1) is 12.1 Å². The molecule has 5 unspecified atom stereocenters. The quantitative estimate of drug-likeness (QED) is 0.104. The second kappa shape index (κ2) is 15.0. The standard InChI is InChI=1S/C19H37N5O6S/c1-10(2)8-14(23-16(26)12(21)9-31)17(27)24-15(11(3)25)18(28)22-13(19(29)30)6-4-5-7-20/h10-15,25,31H,4-9,20-21H2,1-3H3,(H,22,28)(H,23,26)(H,24,27)(H,29,30). The minimum absolute atomic E-state index is 0.0287. The summed E-state index contributed by atoms with van der Waals surface area (Å²) in [4.78, 5) is 48.9. The molecule has 5 atom stereocenters. The smallest absolute Gasteiger partial charge is 0.326 e. The fraction of sp³-hybridized carbons (Fsp3) is 0.789. The van der Waals surface area contributed by atoms with Gasteiger partial charge in [0, 0.05) is 5.75 Å². The first kappa shape index (κ1) is 29.1. The van der Waals surface area contributed by atoms with Crippen LogP contribution in [0.2, 0.25) is 0 Å². The summed E-state index contributed by atoms with van der Waals surface area (Å²) in [6.07, 6.45) is 0.209. The minimum Gasteiger partial charge on any atom is -0.480 e. The lowest BCUT2D eigenvalue weighted by molar-refractivity contribution is -0.143. The third-order valence-corrected chi connectivity index (χ3v) is 4.89. The van der Waals surface area contributed by atoms with E-state index in [9.17, 15) is 29.4 Å². The zero-order valence-electron chi connectivity index (χ0n) is 18.3. The summed E-state index contributed by atoms with van der Waals surface area (Å²) >= 11 is 3.96. The second-order valence-corrected chi connectivity index (χ2v) is 8.26. The molecule has 12 heteroatoms. The van der Waals surface area contributed by atoms with Crippen LogP contribution in [0.5, 0.6) is 0 Å². The molecular weight excluding hydrogens is 426 g/mol. The molecule has 0 aliphatic heterocycles. The number of amides is 3. The Labute approximate surface area is 188 Å². The Morgan fingerprint density at radius 3 is 1.97 bits per heavy atom. The van der Waals surface area contributed by atoms with E-state index in [1.807, 2.05) is 13.8 Å². The van der Waals surface area contributed by atoms with Gasteiger partial charge in [-0.2, -0.15) is 12.6 Å². The van der Waals surface area contributed by atoms with Crippen molar-refractivity contribution < 1.29 is 29.4 Å². The lowest BCUT2D eigenvalue weighted by atomic mass is 10.0. The Hall–Kier alpha value is -1.89. The fourth-order valence-corrected chi connectivity index (χ4v) is 2.90. The average Bonchev–Trinajstić information content (AvgIpc) is 2.68. The van der Waals surface area contributed by atoms with E-state index in [-0.39, 0.29) is 24.5 Å². The Morgan fingerprint density at radius 2 is 1.52 bits per heavy atom. The lowest BCUT2D eigenvalue weighted by Gasteiger charge is -2.27. The van der Waals surface area contributed by atoms with Crippen LogP contribution in [0.25, 0.3) is 0 Å². The maximum atomic E-state index is 12.8. The van der Waals surface area contributed by atoms with E-state index in [1.165, 1.54) is 6.92 Å². The zero-order valence-corrected chi connectivity index (χ0v) is 19.2. The van der Waals surface area contributed by atoms with Crippen LogP contribution in [-0.4, -0.2) is 76.5 Å². The number of thiol groups is 1. The molecule has 0 aromatic heterocycles. The van der Waals surface area contributed by atoms with E-state index >= 15 is 0 Å². The molecule has 0 aromatic carbocycles. The van der Waals surface area contributed by atoms with Crippen molar-refractivity contribution in [3.8, 4) is 0 Å². The number of aliphatic hydroxyl groups is 1. The number of aliphatic carboxylic acids is 1. The Bertz CT molecular complexity index is 604. The van der Waals surface area contributed by atoms with Gasteiger partial charge in [-0.1, -0.05) is 13.8 Å². The van der Waals surface area contributed by atoms with Crippen molar-refractivity contribution in [3.05, 3.63) is 0 Å². The monoisotopic (exact) mass is 463 g/mol. The summed E-state index contributed by atoms with van der Waals surface area (Å²) in [6, 6.07) is -4.50. The molecule has 0 bridgehead atoms. The summed E-state index contributed by atoms with van der Waals surface area (Å²) < 4.78 is 0. The van der Waals surface area contributed by atoms with Crippen LogP contribution in [0.15, 0.2) is 0 Å². The molecule has 0 aliphatic rings. The highest BCUT2D eigenvalue weighted by molar-refractivity contribution is 7.80.